The van der Waals surface area contributed by atoms with Crippen LogP contribution in [0.25, 0.3) is 0 Å². The van der Waals surface area contributed by atoms with Crippen LogP contribution in [-0.2, 0) is 16.0 Å². The van der Waals surface area contributed by atoms with Crippen molar-refractivity contribution in [2.45, 2.75) is 45.1 Å². The molecule has 1 rings (SSSR count). The summed E-state index contributed by atoms with van der Waals surface area (Å²) in [6, 6.07) is 7.74. The van der Waals surface area contributed by atoms with E-state index in [1.807, 2.05) is 24.3 Å². The van der Waals surface area contributed by atoms with Gasteiger partial charge in [-0.05, 0) is 37.0 Å². The highest BCUT2D eigenvalue weighted by Gasteiger charge is 2.36. The summed E-state index contributed by atoms with van der Waals surface area (Å²) >= 11 is 3.38. The van der Waals surface area contributed by atoms with Crippen LogP contribution in [0.15, 0.2) is 28.7 Å². The predicted octanol–water partition coefficient (Wildman–Crippen LogP) is 3.14. The van der Waals surface area contributed by atoms with Gasteiger partial charge in [0.1, 0.15) is 5.54 Å². The van der Waals surface area contributed by atoms with Crippen molar-refractivity contribution in [1.29, 1.82) is 0 Å². The van der Waals surface area contributed by atoms with Crippen molar-refractivity contribution in [2.75, 3.05) is 0 Å². The van der Waals surface area contributed by atoms with Gasteiger partial charge in [-0.3, -0.25) is 4.79 Å². The number of hydrogen-bond donors (Lipinski definition) is 2. The minimum Gasteiger partial charge on any atom is -0.480 e. The zero-order valence-electron chi connectivity index (χ0n) is 11.8. The second-order valence-electron chi connectivity index (χ2n) is 4.77. The van der Waals surface area contributed by atoms with Gasteiger partial charge < -0.3 is 10.4 Å². The topological polar surface area (TPSA) is 66.4 Å². The van der Waals surface area contributed by atoms with Crippen LogP contribution < -0.4 is 5.32 Å². The van der Waals surface area contributed by atoms with Crippen LogP contribution >= 0.6 is 15.9 Å². The van der Waals surface area contributed by atoms with Gasteiger partial charge in [-0.15, -0.1) is 0 Å². The molecule has 0 aromatic heterocycles. The number of hydrogen-bond acceptors (Lipinski definition) is 2. The van der Waals surface area contributed by atoms with Gasteiger partial charge in [-0.25, -0.2) is 4.79 Å². The second kappa shape index (κ2) is 7.43. The van der Waals surface area contributed by atoms with Crippen molar-refractivity contribution in [3.8, 4) is 0 Å². The predicted molar refractivity (Wildman–Crippen MR) is 81.6 cm³/mol. The number of aryl methyl sites for hydroxylation is 1. The Kier molecular flexibility index (Phi) is 6.20. The largest absolute Gasteiger partial charge is 0.480 e. The van der Waals surface area contributed by atoms with Gasteiger partial charge >= 0.3 is 5.97 Å². The fourth-order valence-electron chi connectivity index (χ4n) is 2.06. The SMILES string of the molecule is CCC(CC)(NC(=O)CCc1cccc(Br)c1)C(=O)O. The maximum absolute atomic E-state index is 12.0. The van der Waals surface area contributed by atoms with Crippen molar-refractivity contribution in [1.82, 2.24) is 5.32 Å². The van der Waals surface area contributed by atoms with Crippen molar-refractivity contribution in [2.24, 2.45) is 0 Å². The number of carbonyl (C=O) groups is 2. The number of carboxylic acid groups (broad SMARTS) is 1. The molecule has 0 saturated heterocycles. The van der Waals surface area contributed by atoms with E-state index in [2.05, 4.69) is 21.2 Å². The number of halogens is 1. The molecule has 0 aliphatic heterocycles. The normalized spacial score (nSPS) is 11.2. The second-order valence-corrected chi connectivity index (χ2v) is 5.69. The van der Waals surface area contributed by atoms with Crippen LogP contribution in [0.1, 0.15) is 38.7 Å². The molecule has 0 fully saturated rings. The van der Waals surface area contributed by atoms with Crippen molar-refractivity contribution < 1.29 is 14.7 Å². The molecule has 0 aliphatic carbocycles. The highest BCUT2D eigenvalue weighted by Crippen LogP contribution is 2.17. The maximum Gasteiger partial charge on any atom is 0.329 e. The zero-order valence-corrected chi connectivity index (χ0v) is 13.4. The summed E-state index contributed by atoms with van der Waals surface area (Å²) in [6.45, 7) is 3.54. The van der Waals surface area contributed by atoms with Crippen LogP contribution in [0.2, 0.25) is 0 Å². The number of rotatable bonds is 7. The summed E-state index contributed by atoms with van der Waals surface area (Å²) in [5.74, 6) is -1.20. The Morgan fingerprint density at radius 3 is 2.45 bits per heavy atom. The molecule has 0 radical (unpaired) electrons. The van der Waals surface area contributed by atoms with E-state index in [4.69, 9.17) is 0 Å². The van der Waals surface area contributed by atoms with E-state index in [0.29, 0.717) is 19.3 Å². The molecule has 20 heavy (non-hydrogen) atoms. The summed E-state index contributed by atoms with van der Waals surface area (Å²) in [6.07, 6.45) is 1.63. The highest BCUT2D eigenvalue weighted by atomic mass is 79.9. The zero-order chi connectivity index (χ0) is 15.2. The molecule has 0 bridgehead atoms. The molecule has 0 saturated carbocycles. The third-order valence-corrected chi connectivity index (χ3v) is 4.02. The third kappa shape index (κ3) is 4.34. The lowest BCUT2D eigenvalue weighted by Crippen LogP contribution is -2.53. The first-order valence-corrected chi connectivity index (χ1v) is 7.51. The number of benzene rings is 1. The lowest BCUT2D eigenvalue weighted by atomic mass is 9.92. The van der Waals surface area contributed by atoms with E-state index in [-0.39, 0.29) is 12.3 Å². The number of carboxylic acids is 1. The monoisotopic (exact) mass is 341 g/mol. The Labute approximate surface area is 127 Å². The Hall–Kier alpha value is -1.36. The summed E-state index contributed by atoms with van der Waals surface area (Å²) in [5, 5.41) is 11.9. The van der Waals surface area contributed by atoms with Crippen LogP contribution in [0.5, 0.6) is 0 Å². The number of carbonyl (C=O) groups excluding carboxylic acids is 1. The Bertz CT molecular complexity index is 484. The fraction of sp³-hybridized carbons (Fsp3) is 0.467. The van der Waals surface area contributed by atoms with Crippen molar-refractivity contribution >= 4 is 27.8 Å². The minimum atomic E-state index is -1.14. The molecule has 0 aliphatic rings. The lowest BCUT2D eigenvalue weighted by molar-refractivity contribution is -0.148. The molecular weight excluding hydrogens is 322 g/mol. The number of nitrogens with one attached hydrogen (secondary N) is 1. The Morgan fingerprint density at radius 1 is 1.30 bits per heavy atom. The van der Waals surface area contributed by atoms with E-state index in [1.54, 1.807) is 13.8 Å². The molecule has 1 amide bonds. The first-order chi connectivity index (χ1) is 9.43. The van der Waals surface area contributed by atoms with Gasteiger partial charge in [0.25, 0.3) is 0 Å². The van der Waals surface area contributed by atoms with Gasteiger partial charge in [0.05, 0.1) is 0 Å². The standard InChI is InChI=1S/C15H20BrNO3/c1-3-15(4-2,14(19)20)17-13(18)9-8-11-6-5-7-12(16)10-11/h5-7,10H,3-4,8-9H2,1-2H3,(H,17,18)(H,19,20). The molecule has 0 unspecified atom stereocenters. The molecule has 0 spiro atoms. The molecule has 1 aromatic rings. The molecule has 110 valence electrons. The molecule has 4 nitrogen and oxygen atoms in total. The lowest BCUT2D eigenvalue weighted by Gasteiger charge is -2.28. The van der Waals surface area contributed by atoms with E-state index >= 15 is 0 Å². The van der Waals surface area contributed by atoms with E-state index < -0.39 is 11.5 Å². The van der Waals surface area contributed by atoms with Crippen molar-refractivity contribution in [3.05, 3.63) is 34.3 Å². The quantitative estimate of drug-likeness (QED) is 0.800. The molecule has 2 N–H and O–H groups in total. The van der Waals surface area contributed by atoms with Gasteiger partial charge in [0.2, 0.25) is 5.91 Å². The van der Waals surface area contributed by atoms with Gasteiger partial charge in [-0.2, -0.15) is 0 Å². The van der Waals surface area contributed by atoms with Crippen LogP contribution in [0.4, 0.5) is 0 Å². The van der Waals surface area contributed by atoms with Crippen LogP contribution in [-0.4, -0.2) is 22.5 Å². The molecule has 5 heteroatoms. The summed E-state index contributed by atoms with van der Waals surface area (Å²) in [7, 11) is 0. The third-order valence-electron chi connectivity index (χ3n) is 3.52. The van der Waals surface area contributed by atoms with Crippen LogP contribution in [0, 0.1) is 0 Å². The minimum absolute atomic E-state index is 0.226. The summed E-state index contributed by atoms with van der Waals surface area (Å²) in [5.41, 5.74) is -0.0996. The molecular formula is C15H20BrNO3. The number of amides is 1. The van der Waals surface area contributed by atoms with E-state index in [9.17, 15) is 14.7 Å². The van der Waals surface area contributed by atoms with Gasteiger partial charge in [-0.1, -0.05) is 41.9 Å². The highest BCUT2D eigenvalue weighted by molar-refractivity contribution is 9.10. The Morgan fingerprint density at radius 2 is 1.95 bits per heavy atom. The summed E-state index contributed by atoms with van der Waals surface area (Å²) < 4.78 is 0.970. The molecule has 0 atom stereocenters. The average molecular weight is 342 g/mol. The van der Waals surface area contributed by atoms with E-state index in [1.165, 1.54) is 0 Å². The maximum atomic E-state index is 12.0. The van der Waals surface area contributed by atoms with Crippen LogP contribution in [0.3, 0.4) is 0 Å². The fourth-order valence-corrected chi connectivity index (χ4v) is 2.51. The first-order valence-electron chi connectivity index (χ1n) is 6.72. The smallest absolute Gasteiger partial charge is 0.329 e. The Balaban J connectivity index is 2.61. The first kappa shape index (κ1) is 16.7. The van der Waals surface area contributed by atoms with E-state index in [0.717, 1.165) is 10.0 Å². The van der Waals surface area contributed by atoms with Gasteiger partial charge in [0, 0.05) is 10.9 Å². The summed E-state index contributed by atoms with van der Waals surface area (Å²) in [4.78, 5) is 23.3. The molecule has 0 heterocycles. The number of aliphatic carboxylic acids is 1. The molecule has 1 aromatic carbocycles. The average Bonchev–Trinajstić information content (AvgIpc) is 2.42. The van der Waals surface area contributed by atoms with Crippen molar-refractivity contribution in [3.63, 3.8) is 0 Å². The van der Waals surface area contributed by atoms with Gasteiger partial charge in [0.15, 0.2) is 0 Å².